The van der Waals surface area contributed by atoms with E-state index in [-0.39, 0.29) is 0 Å². The van der Waals surface area contributed by atoms with Gasteiger partial charge in [-0.25, -0.2) is 0 Å². The van der Waals surface area contributed by atoms with Crippen LogP contribution in [0.1, 0.15) is 0 Å². The van der Waals surface area contributed by atoms with E-state index in [0.717, 1.165) is 5.82 Å². The van der Waals surface area contributed by atoms with Crippen LogP contribution in [0.5, 0.6) is 0 Å². The summed E-state index contributed by atoms with van der Waals surface area (Å²) in [4.78, 5) is 7.45. The number of anilines is 1. The number of aromatic nitrogens is 1. The molecule has 0 aliphatic heterocycles. The lowest BCUT2D eigenvalue weighted by Crippen LogP contribution is -2.19. The summed E-state index contributed by atoms with van der Waals surface area (Å²) in [5.41, 5.74) is 5.22. The molecule has 1 rings (SSSR count). The summed E-state index contributed by atoms with van der Waals surface area (Å²) in [6, 6.07) is 3.77. The number of rotatable bonds is 3. The third kappa shape index (κ3) is 1.75. The van der Waals surface area contributed by atoms with Crippen LogP contribution < -0.4 is 11.0 Å². The van der Waals surface area contributed by atoms with Gasteiger partial charge in [-0.05, 0) is 12.1 Å². The van der Waals surface area contributed by atoms with Crippen LogP contribution in [0.2, 0.25) is 0 Å². The summed E-state index contributed by atoms with van der Waals surface area (Å²) >= 11 is 0. The Kier molecular flexibility index (Phi) is 2.12. The van der Waals surface area contributed by atoms with Crippen LogP contribution in [0.25, 0.3) is 0 Å². The summed E-state index contributed by atoms with van der Waals surface area (Å²) < 4.78 is 0. The topological polar surface area (TPSA) is 49.1 Å². The summed E-state index contributed by atoms with van der Waals surface area (Å²) in [5, 5.41) is 0. The lowest BCUT2D eigenvalue weighted by molar-refractivity contribution is 0.111. The quantitative estimate of drug-likeness (QED) is 0.518. The average molecular weight is 127 g/mol. The van der Waals surface area contributed by atoms with Crippen LogP contribution in [-0.2, 0) is 4.84 Å². The van der Waals surface area contributed by atoms with E-state index in [0.29, 0.717) is 0 Å². The number of hydrazine groups is 1. The number of nitrogens with one attached hydrogen (secondary N) is 3. The van der Waals surface area contributed by atoms with Crippen LogP contribution in [0.4, 0.5) is 5.82 Å². The van der Waals surface area contributed by atoms with Gasteiger partial charge < -0.3 is 4.98 Å². The summed E-state index contributed by atoms with van der Waals surface area (Å²) in [6.45, 7) is 0. The largest absolute Gasteiger partial charge is 0.347 e. The van der Waals surface area contributed by atoms with Gasteiger partial charge >= 0.3 is 0 Å². The van der Waals surface area contributed by atoms with Crippen LogP contribution in [-0.4, -0.2) is 12.1 Å². The molecule has 1 aromatic rings. The van der Waals surface area contributed by atoms with Gasteiger partial charge in [0.05, 0.1) is 7.11 Å². The van der Waals surface area contributed by atoms with E-state index in [1.165, 1.54) is 7.11 Å². The Bertz CT molecular complexity index is 149. The molecule has 4 heteroatoms. The summed E-state index contributed by atoms with van der Waals surface area (Å²) in [7, 11) is 1.54. The monoisotopic (exact) mass is 127 g/mol. The predicted molar refractivity (Wildman–Crippen MR) is 34.6 cm³/mol. The minimum absolute atomic E-state index is 0.872. The highest BCUT2D eigenvalue weighted by Crippen LogP contribution is 1.97. The van der Waals surface area contributed by atoms with Crippen molar-refractivity contribution < 1.29 is 4.84 Å². The van der Waals surface area contributed by atoms with E-state index in [9.17, 15) is 0 Å². The number of hydrogen-bond donors (Lipinski definition) is 3. The normalized spacial score (nSPS) is 9.44. The predicted octanol–water partition coefficient (Wildman–Crippen LogP) is 0.493. The van der Waals surface area contributed by atoms with Gasteiger partial charge in [0.25, 0.3) is 0 Å². The molecule has 1 aromatic heterocycles. The Morgan fingerprint density at radius 3 is 3.11 bits per heavy atom. The zero-order valence-electron chi connectivity index (χ0n) is 5.14. The van der Waals surface area contributed by atoms with Gasteiger partial charge in [-0.2, -0.15) is 0 Å². The lowest BCUT2D eigenvalue weighted by Gasteiger charge is -2.00. The Morgan fingerprint density at radius 2 is 2.56 bits per heavy atom. The SMILES string of the molecule is CONNc1ccc[nH]1. The molecule has 0 aliphatic carbocycles. The molecule has 4 nitrogen and oxygen atoms in total. The lowest BCUT2D eigenvalue weighted by atomic mass is 10.6. The maximum Gasteiger partial charge on any atom is 0.119 e. The maximum atomic E-state index is 4.53. The molecule has 9 heavy (non-hydrogen) atoms. The molecule has 0 aromatic carbocycles. The first kappa shape index (κ1) is 6.12. The molecule has 0 saturated carbocycles. The standard InChI is InChI=1S/C5H9N3O/c1-9-8-7-5-3-2-4-6-5/h2-4,6-8H,1H3. The molecule has 50 valence electrons. The number of aromatic amines is 1. The van der Waals surface area contributed by atoms with Gasteiger partial charge in [0.15, 0.2) is 0 Å². The Morgan fingerprint density at radius 1 is 1.67 bits per heavy atom. The van der Waals surface area contributed by atoms with E-state index in [1.807, 2.05) is 18.3 Å². The minimum Gasteiger partial charge on any atom is -0.347 e. The van der Waals surface area contributed by atoms with Crippen molar-refractivity contribution in [2.45, 2.75) is 0 Å². The fraction of sp³-hybridized carbons (Fsp3) is 0.200. The Hall–Kier alpha value is -1.00. The van der Waals surface area contributed by atoms with Crippen molar-refractivity contribution in [1.82, 2.24) is 10.6 Å². The highest BCUT2D eigenvalue weighted by molar-refractivity contribution is 5.31. The van der Waals surface area contributed by atoms with Crippen molar-refractivity contribution in [2.75, 3.05) is 12.5 Å². The van der Waals surface area contributed by atoms with Crippen molar-refractivity contribution in [3.05, 3.63) is 18.3 Å². The molecular weight excluding hydrogens is 118 g/mol. The van der Waals surface area contributed by atoms with Crippen molar-refractivity contribution in [1.29, 1.82) is 0 Å². The molecule has 0 fully saturated rings. The third-order valence-electron chi connectivity index (χ3n) is 0.886. The van der Waals surface area contributed by atoms with E-state index in [2.05, 4.69) is 20.8 Å². The van der Waals surface area contributed by atoms with E-state index in [4.69, 9.17) is 0 Å². The van der Waals surface area contributed by atoms with E-state index in [1.54, 1.807) is 0 Å². The van der Waals surface area contributed by atoms with Gasteiger partial charge in [-0.3, -0.25) is 10.3 Å². The fourth-order valence-corrected chi connectivity index (χ4v) is 0.514. The molecule has 0 spiro atoms. The van der Waals surface area contributed by atoms with Crippen molar-refractivity contribution >= 4 is 5.82 Å². The molecule has 1 heterocycles. The van der Waals surface area contributed by atoms with Crippen LogP contribution in [0.3, 0.4) is 0 Å². The molecule has 0 aliphatic rings. The van der Waals surface area contributed by atoms with E-state index < -0.39 is 0 Å². The molecular formula is C5H9N3O. The molecule has 3 N–H and O–H groups in total. The molecule has 0 amide bonds. The van der Waals surface area contributed by atoms with Gasteiger partial charge in [0.2, 0.25) is 0 Å². The minimum atomic E-state index is 0.872. The molecule has 0 unspecified atom stereocenters. The van der Waals surface area contributed by atoms with Crippen molar-refractivity contribution in [3.8, 4) is 0 Å². The number of H-pyrrole nitrogens is 1. The highest BCUT2D eigenvalue weighted by Gasteiger charge is 1.84. The van der Waals surface area contributed by atoms with Crippen LogP contribution in [0.15, 0.2) is 18.3 Å². The second kappa shape index (κ2) is 3.11. The zero-order chi connectivity index (χ0) is 6.53. The summed E-state index contributed by atoms with van der Waals surface area (Å²) in [5.74, 6) is 0.872. The van der Waals surface area contributed by atoms with Crippen molar-refractivity contribution in [2.24, 2.45) is 0 Å². The molecule has 0 radical (unpaired) electrons. The van der Waals surface area contributed by atoms with Gasteiger partial charge in [0.1, 0.15) is 5.82 Å². The van der Waals surface area contributed by atoms with Crippen molar-refractivity contribution in [3.63, 3.8) is 0 Å². The zero-order valence-corrected chi connectivity index (χ0v) is 5.14. The van der Waals surface area contributed by atoms with Gasteiger partial charge in [0, 0.05) is 6.20 Å². The first-order valence-corrected chi connectivity index (χ1v) is 2.61. The highest BCUT2D eigenvalue weighted by atomic mass is 16.7. The van der Waals surface area contributed by atoms with Gasteiger partial charge in [-0.15, -0.1) is 5.59 Å². The fourth-order valence-electron chi connectivity index (χ4n) is 0.514. The van der Waals surface area contributed by atoms with Gasteiger partial charge in [-0.1, -0.05) is 0 Å². The molecule has 0 atom stereocenters. The molecule has 0 saturated heterocycles. The average Bonchev–Trinajstić information content (AvgIpc) is 2.34. The van der Waals surface area contributed by atoms with Crippen LogP contribution >= 0.6 is 0 Å². The smallest absolute Gasteiger partial charge is 0.119 e. The third-order valence-corrected chi connectivity index (χ3v) is 0.886. The Labute approximate surface area is 53.1 Å². The summed E-state index contributed by atoms with van der Waals surface area (Å²) in [6.07, 6.45) is 1.82. The maximum absolute atomic E-state index is 4.53. The second-order valence-electron chi connectivity index (χ2n) is 1.51. The Balaban J connectivity index is 2.30. The first-order valence-electron chi connectivity index (χ1n) is 2.61. The second-order valence-corrected chi connectivity index (χ2v) is 1.51. The first-order chi connectivity index (χ1) is 4.43. The van der Waals surface area contributed by atoms with E-state index >= 15 is 0 Å². The van der Waals surface area contributed by atoms with Crippen LogP contribution in [0, 0.1) is 0 Å². The number of hydrogen-bond acceptors (Lipinski definition) is 3. The molecule has 0 bridgehead atoms.